The molecule has 5 nitrogen and oxygen atoms in total. The van der Waals surface area contributed by atoms with Gasteiger partial charge < -0.3 is 19.3 Å². The van der Waals surface area contributed by atoms with Crippen molar-refractivity contribution in [1.82, 2.24) is 0 Å². The number of rotatable bonds is 5. The van der Waals surface area contributed by atoms with Gasteiger partial charge in [-0.3, -0.25) is 0 Å². The lowest BCUT2D eigenvalue weighted by Gasteiger charge is -2.15. The number of hydrogen-bond acceptors (Lipinski definition) is 4. The molecule has 5 heteroatoms. The van der Waals surface area contributed by atoms with E-state index in [1.165, 1.54) is 21.3 Å². The first-order chi connectivity index (χ1) is 10.1. The minimum atomic E-state index is -0.987. The third-order valence-corrected chi connectivity index (χ3v) is 3.13. The van der Waals surface area contributed by atoms with Crippen LogP contribution in [0.4, 0.5) is 0 Å². The summed E-state index contributed by atoms with van der Waals surface area (Å²) < 4.78 is 15.8. The van der Waals surface area contributed by atoms with Gasteiger partial charge >= 0.3 is 5.97 Å². The summed E-state index contributed by atoms with van der Waals surface area (Å²) in [6.07, 6.45) is 0. The molecule has 1 N–H and O–H groups in total. The average molecular weight is 288 g/mol. The highest BCUT2D eigenvalue weighted by Gasteiger charge is 2.17. The van der Waals surface area contributed by atoms with Gasteiger partial charge in [-0.2, -0.15) is 0 Å². The summed E-state index contributed by atoms with van der Waals surface area (Å²) in [5.74, 6) is 0.440. The third kappa shape index (κ3) is 2.76. The van der Waals surface area contributed by atoms with Crippen LogP contribution in [0.3, 0.4) is 0 Å². The summed E-state index contributed by atoms with van der Waals surface area (Å²) in [4.78, 5) is 11.3. The highest BCUT2D eigenvalue weighted by atomic mass is 16.5. The molecule has 0 aromatic heterocycles. The molecule has 0 radical (unpaired) electrons. The molecule has 0 fully saturated rings. The van der Waals surface area contributed by atoms with Gasteiger partial charge in [-0.15, -0.1) is 0 Å². The van der Waals surface area contributed by atoms with Crippen LogP contribution < -0.4 is 14.2 Å². The number of methoxy groups -OCH3 is 3. The quantitative estimate of drug-likeness (QED) is 0.916. The second-order valence-electron chi connectivity index (χ2n) is 4.26. The summed E-state index contributed by atoms with van der Waals surface area (Å²) >= 11 is 0. The van der Waals surface area contributed by atoms with Crippen LogP contribution in [-0.2, 0) is 0 Å². The van der Waals surface area contributed by atoms with Gasteiger partial charge in [0.05, 0.1) is 26.9 Å². The fourth-order valence-corrected chi connectivity index (χ4v) is 2.16. The molecular weight excluding hydrogens is 272 g/mol. The average Bonchev–Trinajstić information content (AvgIpc) is 2.53. The van der Waals surface area contributed by atoms with Gasteiger partial charge in [-0.25, -0.2) is 4.79 Å². The Morgan fingerprint density at radius 1 is 0.952 bits per heavy atom. The lowest BCUT2D eigenvalue weighted by atomic mass is 9.99. The van der Waals surface area contributed by atoms with Crippen molar-refractivity contribution in [2.24, 2.45) is 0 Å². The normalized spacial score (nSPS) is 10.0. The molecule has 0 bridgehead atoms. The Kier molecular flexibility index (Phi) is 4.33. The maximum Gasteiger partial charge on any atom is 0.336 e. The fraction of sp³-hybridized carbons (Fsp3) is 0.188. The van der Waals surface area contributed by atoms with E-state index in [0.717, 1.165) is 0 Å². The van der Waals surface area contributed by atoms with Crippen LogP contribution in [0, 0.1) is 0 Å². The molecule has 0 heterocycles. The second-order valence-corrected chi connectivity index (χ2v) is 4.26. The fourth-order valence-electron chi connectivity index (χ4n) is 2.16. The van der Waals surface area contributed by atoms with Crippen LogP contribution >= 0.6 is 0 Å². The standard InChI is InChI=1S/C16H16O5/c1-19-13-8-10(9-14(20-2)15(13)21-3)11-6-4-5-7-12(11)16(17)18/h4-9H,1-3H3,(H,17,18). The maximum atomic E-state index is 11.3. The summed E-state index contributed by atoms with van der Waals surface area (Å²) in [5.41, 5.74) is 1.48. The van der Waals surface area contributed by atoms with Gasteiger partial charge in [0.2, 0.25) is 5.75 Å². The maximum absolute atomic E-state index is 11.3. The first-order valence-electron chi connectivity index (χ1n) is 6.25. The molecule has 0 aliphatic rings. The molecule has 2 aromatic carbocycles. The van der Waals surface area contributed by atoms with Crippen molar-refractivity contribution in [2.45, 2.75) is 0 Å². The molecule has 0 spiro atoms. The number of aromatic carboxylic acids is 1. The molecule has 0 saturated heterocycles. The van der Waals surface area contributed by atoms with Crippen LogP contribution in [-0.4, -0.2) is 32.4 Å². The Hall–Kier alpha value is -2.69. The van der Waals surface area contributed by atoms with Crippen LogP contribution in [0.1, 0.15) is 10.4 Å². The topological polar surface area (TPSA) is 65.0 Å². The van der Waals surface area contributed by atoms with Gasteiger partial charge in [-0.05, 0) is 29.3 Å². The molecular formula is C16H16O5. The lowest BCUT2D eigenvalue weighted by molar-refractivity contribution is 0.0697. The van der Waals surface area contributed by atoms with E-state index in [4.69, 9.17) is 14.2 Å². The Balaban J connectivity index is 2.68. The van der Waals surface area contributed by atoms with E-state index in [1.54, 1.807) is 36.4 Å². The molecule has 0 saturated carbocycles. The van der Waals surface area contributed by atoms with E-state index in [-0.39, 0.29) is 5.56 Å². The van der Waals surface area contributed by atoms with Gasteiger partial charge in [-0.1, -0.05) is 18.2 Å². The number of carboxylic acids is 1. The van der Waals surface area contributed by atoms with Crippen molar-refractivity contribution in [3.05, 3.63) is 42.0 Å². The van der Waals surface area contributed by atoms with E-state index in [0.29, 0.717) is 28.4 Å². The number of carbonyl (C=O) groups is 1. The first kappa shape index (κ1) is 14.7. The molecule has 0 aliphatic heterocycles. The Morgan fingerprint density at radius 2 is 1.52 bits per heavy atom. The van der Waals surface area contributed by atoms with E-state index < -0.39 is 5.97 Å². The van der Waals surface area contributed by atoms with Crippen molar-refractivity contribution < 1.29 is 24.1 Å². The highest BCUT2D eigenvalue weighted by molar-refractivity contribution is 5.96. The Bertz CT molecular complexity index is 638. The zero-order chi connectivity index (χ0) is 15.4. The second kappa shape index (κ2) is 6.17. The van der Waals surface area contributed by atoms with Gasteiger partial charge in [0.1, 0.15) is 0 Å². The number of carboxylic acid groups (broad SMARTS) is 1. The molecule has 21 heavy (non-hydrogen) atoms. The SMILES string of the molecule is COc1cc(-c2ccccc2C(=O)O)cc(OC)c1OC. The number of hydrogen-bond donors (Lipinski definition) is 1. The van der Waals surface area contributed by atoms with Crippen molar-refractivity contribution in [1.29, 1.82) is 0 Å². The van der Waals surface area contributed by atoms with Crippen molar-refractivity contribution in [2.75, 3.05) is 21.3 Å². The summed E-state index contributed by atoms with van der Waals surface area (Å²) in [7, 11) is 4.56. The minimum Gasteiger partial charge on any atom is -0.493 e. The molecule has 0 atom stereocenters. The molecule has 110 valence electrons. The van der Waals surface area contributed by atoms with Crippen LogP contribution in [0.15, 0.2) is 36.4 Å². The monoisotopic (exact) mass is 288 g/mol. The molecule has 2 rings (SSSR count). The largest absolute Gasteiger partial charge is 0.493 e. The van der Waals surface area contributed by atoms with E-state index in [1.807, 2.05) is 0 Å². The van der Waals surface area contributed by atoms with Gasteiger partial charge in [0, 0.05) is 0 Å². The minimum absolute atomic E-state index is 0.215. The molecule has 0 aliphatic carbocycles. The summed E-state index contributed by atoms with van der Waals surface area (Å²) in [6.45, 7) is 0. The Labute approximate surface area is 122 Å². The van der Waals surface area contributed by atoms with Crippen molar-refractivity contribution >= 4 is 5.97 Å². The van der Waals surface area contributed by atoms with Crippen LogP contribution in [0.2, 0.25) is 0 Å². The van der Waals surface area contributed by atoms with Gasteiger partial charge in [0.15, 0.2) is 11.5 Å². The summed E-state index contributed by atoms with van der Waals surface area (Å²) in [5, 5.41) is 9.29. The van der Waals surface area contributed by atoms with Crippen molar-refractivity contribution in [3.63, 3.8) is 0 Å². The molecule has 2 aromatic rings. The van der Waals surface area contributed by atoms with E-state index in [9.17, 15) is 9.90 Å². The third-order valence-electron chi connectivity index (χ3n) is 3.13. The zero-order valence-electron chi connectivity index (χ0n) is 12.0. The number of benzene rings is 2. The first-order valence-corrected chi connectivity index (χ1v) is 6.25. The van der Waals surface area contributed by atoms with Crippen LogP contribution in [0.5, 0.6) is 17.2 Å². The van der Waals surface area contributed by atoms with E-state index >= 15 is 0 Å². The highest BCUT2D eigenvalue weighted by Crippen LogP contribution is 2.41. The predicted octanol–water partition coefficient (Wildman–Crippen LogP) is 3.08. The zero-order valence-corrected chi connectivity index (χ0v) is 12.0. The van der Waals surface area contributed by atoms with Crippen molar-refractivity contribution in [3.8, 4) is 28.4 Å². The lowest BCUT2D eigenvalue weighted by Crippen LogP contribution is -2.00. The Morgan fingerprint density at radius 3 is 2.00 bits per heavy atom. The number of ether oxygens (including phenoxy) is 3. The smallest absolute Gasteiger partial charge is 0.336 e. The van der Waals surface area contributed by atoms with Gasteiger partial charge in [0.25, 0.3) is 0 Å². The predicted molar refractivity (Wildman–Crippen MR) is 78.5 cm³/mol. The van der Waals surface area contributed by atoms with E-state index in [2.05, 4.69) is 0 Å². The van der Waals surface area contributed by atoms with Crippen LogP contribution in [0.25, 0.3) is 11.1 Å². The molecule has 0 amide bonds. The summed E-state index contributed by atoms with van der Waals surface area (Å²) in [6, 6.07) is 10.2. The molecule has 0 unspecified atom stereocenters.